The van der Waals surface area contributed by atoms with Crippen molar-refractivity contribution in [2.75, 3.05) is 12.4 Å². The molecular weight excluding hydrogens is 354 g/mol. The lowest BCUT2D eigenvalue weighted by molar-refractivity contribution is -0.174. The Hall–Kier alpha value is -3.34. The van der Waals surface area contributed by atoms with Crippen LogP contribution >= 0.6 is 0 Å². The highest BCUT2D eigenvalue weighted by Crippen LogP contribution is 2.42. The predicted octanol–water partition coefficient (Wildman–Crippen LogP) is 4.24. The van der Waals surface area contributed by atoms with Crippen molar-refractivity contribution in [2.45, 2.75) is 24.5 Å². The number of ether oxygens (including phenoxy) is 2. The van der Waals surface area contributed by atoms with Gasteiger partial charge in [0.25, 0.3) is 0 Å². The van der Waals surface area contributed by atoms with Crippen LogP contribution in [0.4, 0.5) is 5.69 Å². The molecule has 0 aliphatic carbocycles. The first-order valence-corrected chi connectivity index (χ1v) is 9.23. The molecule has 0 spiro atoms. The number of methoxy groups -OCH3 is 1. The van der Waals surface area contributed by atoms with E-state index in [2.05, 4.69) is 5.32 Å². The summed E-state index contributed by atoms with van der Waals surface area (Å²) >= 11 is 0. The lowest BCUT2D eigenvalue weighted by Gasteiger charge is -2.35. The molecular formula is C23H21NO4. The van der Waals surface area contributed by atoms with Crippen LogP contribution in [0.25, 0.3) is 10.8 Å². The van der Waals surface area contributed by atoms with Gasteiger partial charge in [-0.15, -0.1) is 0 Å². The van der Waals surface area contributed by atoms with Gasteiger partial charge in [-0.25, -0.2) is 4.79 Å². The number of anilines is 1. The molecule has 0 bridgehead atoms. The number of cyclic esters (lactones) is 1. The summed E-state index contributed by atoms with van der Waals surface area (Å²) in [5, 5.41) is 5.54. The first-order chi connectivity index (χ1) is 13.6. The highest BCUT2D eigenvalue weighted by molar-refractivity contribution is 5.89. The predicted molar refractivity (Wildman–Crippen MR) is 107 cm³/mol. The maximum absolute atomic E-state index is 12.8. The standard InChI is InChI=1S/C23H21NO4/c1-27-22(26)23(14-13-20(25)28-23)21(24-19-9-3-2-4-10-19)18-12-11-16-7-5-6-8-17(16)15-18/h2-12,15,21,24H,13-14H2,1H3/t21-,23-/m0/s1. The highest BCUT2D eigenvalue weighted by Gasteiger charge is 2.55. The van der Waals surface area contributed by atoms with Crippen LogP contribution in [0.3, 0.4) is 0 Å². The van der Waals surface area contributed by atoms with Gasteiger partial charge in [-0.05, 0) is 34.5 Å². The zero-order chi connectivity index (χ0) is 19.6. The summed E-state index contributed by atoms with van der Waals surface area (Å²) < 4.78 is 10.7. The first kappa shape index (κ1) is 18.0. The number of nitrogens with one attached hydrogen (secondary N) is 1. The maximum atomic E-state index is 12.8. The second-order valence-electron chi connectivity index (χ2n) is 6.91. The van der Waals surface area contributed by atoms with Gasteiger partial charge in [0.2, 0.25) is 5.60 Å². The third kappa shape index (κ3) is 3.20. The van der Waals surface area contributed by atoms with E-state index in [1.807, 2.05) is 72.8 Å². The molecule has 1 heterocycles. The normalized spacial score (nSPS) is 19.8. The van der Waals surface area contributed by atoms with Crippen LogP contribution in [0.2, 0.25) is 0 Å². The van der Waals surface area contributed by atoms with Gasteiger partial charge >= 0.3 is 11.9 Å². The second-order valence-corrected chi connectivity index (χ2v) is 6.91. The SMILES string of the molecule is COC(=O)[C@@]1([C@@H](Nc2ccccc2)c2ccc3ccccc3c2)CCC(=O)O1. The molecule has 5 nitrogen and oxygen atoms in total. The van der Waals surface area contributed by atoms with E-state index in [1.54, 1.807) is 0 Å². The summed E-state index contributed by atoms with van der Waals surface area (Å²) in [6.07, 6.45) is 0.436. The van der Waals surface area contributed by atoms with Gasteiger partial charge in [0.15, 0.2) is 0 Å². The number of carbonyl (C=O) groups excluding carboxylic acids is 2. The van der Waals surface area contributed by atoms with Gasteiger partial charge in [0.1, 0.15) is 6.04 Å². The van der Waals surface area contributed by atoms with Gasteiger partial charge in [0, 0.05) is 12.1 Å². The second kappa shape index (κ2) is 7.35. The van der Waals surface area contributed by atoms with Crippen molar-refractivity contribution in [3.63, 3.8) is 0 Å². The van der Waals surface area contributed by atoms with Gasteiger partial charge in [-0.1, -0.05) is 54.6 Å². The molecule has 3 aromatic rings. The monoisotopic (exact) mass is 375 g/mol. The Bertz CT molecular complexity index is 1020. The van der Waals surface area contributed by atoms with Crippen molar-refractivity contribution >= 4 is 28.4 Å². The van der Waals surface area contributed by atoms with E-state index in [9.17, 15) is 9.59 Å². The van der Waals surface area contributed by atoms with E-state index in [0.29, 0.717) is 0 Å². The molecule has 1 saturated heterocycles. The molecule has 28 heavy (non-hydrogen) atoms. The lowest BCUT2D eigenvalue weighted by Crippen LogP contribution is -2.48. The number of esters is 2. The third-order valence-electron chi connectivity index (χ3n) is 5.19. The van der Waals surface area contributed by atoms with E-state index >= 15 is 0 Å². The van der Waals surface area contributed by atoms with E-state index < -0.39 is 23.6 Å². The number of hydrogen-bond acceptors (Lipinski definition) is 5. The largest absolute Gasteiger partial charge is 0.466 e. The fourth-order valence-electron chi connectivity index (χ4n) is 3.79. The number of hydrogen-bond donors (Lipinski definition) is 1. The lowest BCUT2D eigenvalue weighted by atomic mass is 9.85. The molecule has 2 atom stereocenters. The molecule has 0 radical (unpaired) electrons. The smallest absolute Gasteiger partial charge is 0.352 e. The summed E-state index contributed by atoms with van der Waals surface area (Å²) in [6, 6.07) is 23.0. The molecule has 5 heteroatoms. The minimum atomic E-state index is -1.41. The molecule has 1 N–H and O–H groups in total. The topological polar surface area (TPSA) is 64.6 Å². The summed E-state index contributed by atoms with van der Waals surface area (Å²) in [4.78, 5) is 24.8. The molecule has 1 aliphatic heterocycles. The fourth-order valence-corrected chi connectivity index (χ4v) is 3.79. The Morgan fingerprint density at radius 3 is 2.43 bits per heavy atom. The Balaban J connectivity index is 1.84. The molecule has 4 rings (SSSR count). The number of fused-ring (bicyclic) bond motifs is 1. The zero-order valence-corrected chi connectivity index (χ0v) is 15.6. The number of rotatable bonds is 5. The van der Waals surface area contributed by atoms with Crippen LogP contribution in [0.1, 0.15) is 24.4 Å². The molecule has 0 amide bonds. The first-order valence-electron chi connectivity index (χ1n) is 9.23. The van der Waals surface area contributed by atoms with Gasteiger partial charge in [0.05, 0.1) is 13.5 Å². The minimum Gasteiger partial charge on any atom is -0.466 e. The average Bonchev–Trinajstić information content (AvgIpc) is 3.14. The summed E-state index contributed by atoms with van der Waals surface area (Å²) in [7, 11) is 1.32. The molecule has 3 aromatic carbocycles. The quantitative estimate of drug-likeness (QED) is 0.676. The Labute approximate surface area is 163 Å². The highest BCUT2D eigenvalue weighted by atomic mass is 16.6. The average molecular weight is 375 g/mol. The number of benzene rings is 3. The van der Waals surface area contributed by atoms with Crippen molar-refractivity contribution in [3.8, 4) is 0 Å². The summed E-state index contributed by atoms with van der Waals surface area (Å²) in [5.41, 5.74) is 0.263. The van der Waals surface area contributed by atoms with Crippen molar-refractivity contribution in [3.05, 3.63) is 78.4 Å². The van der Waals surface area contributed by atoms with Crippen molar-refractivity contribution in [1.82, 2.24) is 0 Å². The number of para-hydroxylation sites is 1. The zero-order valence-electron chi connectivity index (χ0n) is 15.6. The molecule has 0 saturated carbocycles. The minimum absolute atomic E-state index is 0.176. The van der Waals surface area contributed by atoms with Gasteiger partial charge in [-0.2, -0.15) is 0 Å². The molecule has 142 valence electrons. The van der Waals surface area contributed by atoms with Crippen LogP contribution in [-0.2, 0) is 19.1 Å². The van der Waals surface area contributed by atoms with E-state index in [-0.39, 0.29) is 12.8 Å². The Morgan fingerprint density at radius 1 is 1.04 bits per heavy atom. The van der Waals surface area contributed by atoms with Crippen molar-refractivity contribution < 1.29 is 19.1 Å². The van der Waals surface area contributed by atoms with Crippen LogP contribution in [0, 0.1) is 0 Å². The van der Waals surface area contributed by atoms with Gasteiger partial charge in [-0.3, -0.25) is 4.79 Å². The van der Waals surface area contributed by atoms with Gasteiger partial charge < -0.3 is 14.8 Å². The van der Waals surface area contributed by atoms with E-state index in [0.717, 1.165) is 22.0 Å². The summed E-state index contributed by atoms with van der Waals surface area (Å²) in [6.45, 7) is 0. The van der Waals surface area contributed by atoms with Crippen LogP contribution in [-0.4, -0.2) is 24.6 Å². The molecule has 0 aromatic heterocycles. The summed E-state index contributed by atoms with van der Waals surface area (Å²) in [5.74, 6) is -0.953. The van der Waals surface area contributed by atoms with Crippen LogP contribution in [0.5, 0.6) is 0 Å². The van der Waals surface area contributed by atoms with E-state index in [4.69, 9.17) is 9.47 Å². The van der Waals surface area contributed by atoms with E-state index in [1.165, 1.54) is 7.11 Å². The number of carbonyl (C=O) groups is 2. The van der Waals surface area contributed by atoms with Crippen LogP contribution < -0.4 is 5.32 Å². The van der Waals surface area contributed by atoms with Crippen molar-refractivity contribution in [1.29, 1.82) is 0 Å². The fraction of sp³-hybridized carbons (Fsp3) is 0.217. The molecule has 1 aliphatic rings. The third-order valence-corrected chi connectivity index (χ3v) is 5.19. The van der Waals surface area contributed by atoms with Crippen molar-refractivity contribution in [2.24, 2.45) is 0 Å². The molecule has 0 unspecified atom stereocenters. The molecule has 1 fully saturated rings. The Kier molecular flexibility index (Phi) is 4.74. The Morgan fingerprint density at radius 2 is 1.75 bits per heavy atom. The maximum Gasteiger partial charge on any atom is 0.352 e. The van der Waals surface area contributed by atoms with Crippen LogP contribution in [0.15, 0.2) is 72.8 Å².